The highest BCUT2D eigenvalue weighted by Gasteiger charge is 2.39. The van der Waals surface area contributed by atoms with E-state index in [2.05, 4.69) is 5.32 Å². The van der Waals surface area contributed by atoms with Crippen molar-refractivity contribution < 1.29 is 19.5 Å². The monoisotopic (exact) mass is 500 g/mol. The van der Waals surface area contributed by atoms with E-state index in [1.165, 1.54) is 41.9 Å². The molecule has 0 spiro atoms. The summed E-state index contributed by atoms with van der Waals surface area (Å²) >= 11 is 13.8. The number of hydrogen-bond donors (Lipinski definition) is 2. The number of rotatable bonds is 5. The second-order valence-electron chi connectivity index (χ2n) is 7.37. The van der Waals surface area contributed by atoms with Crippen LogP contribution >= 0.6 is 35.0 Å². The number of fused-ring (bicyclic) bond motifs is 1. The summed E-state index contributed by atoms with van der Waals surface area (Å²) in [5.41, 5.74) is 1.61. The summed E-state index contributed by atoms with van der Waals surface area (Å²) < 4.78 is 0. The first-order valence-corrected chi connectivity index (χ1v) is 11.6. The van der Waals surface area contributed by atoms with Crippen molar-refractivity contribution in [2.45, 2.75) is 15.5 Å². The first-order chi connectivity index (χ1) is 15.8. The third-order valence-electron chi connectivity index (χ3n) is 5.26. The summed E-state index contributed by atoms with van der Waals surface area (Å²) in [4.78, 5) is 40.1. The molecule has 168 valence electrons. The maximum Gasteiger partial charge on any atom is 0.337 e. The van der Waals surface area contributed by atoms with Crippen molar-refractivity contribution in [1.29, 1.82) is 0 Å². The minimum absolute atomic E-state index is 0.0967. The third kappa shape index (κ3) is 4.71. The highest BCUT2D eigenvalue weighted by molar-refractivity contribution is 8.01. The smallest absolute Gasteiger partial charge is 0.337 e. The lowest BCUT2D eigenvalue weighted by Crippen LogP contribution is -2.36. The Kier molecular flexibility index (Phi) is 6.65. The van der Waals surface area contributed by atoms with Crippen LogP contribution in [0.3, 0.4) is 0 Å². The number of aromatic carboxylic acids is 1. The first-order valence-electron chi connectivity index (χ1n) is 9.87. The minimum atomic E-state index is -1.21. The number of carboxylic acids is 1. The number of carbonyl (C=O) groups is 3. The molecule has 3 aromatic rings. The van der Waals surface area contributed by atoms with Crippen molar-refractivity contribution >= 4 is 64.1 Å². The lowest BCUT2D eigenvalue weighted by Gasteiger charge is -2.24. The summed E-state index contributed by atoms with van der Waals surface area (Å²) in [6.45, 7) is 0. The number of hydrogen-bond acceptors (Lipinski definition) is 4. The van der Waals surface area contributed by atoms with Crippen molar-refractivity contribution in [3.05, 3.63) is 88.4 Å². The number of nitrogens with one attached hydrogen (secondary N) is 1. The van der Waals surface area contributed by atoms with Crippen molar-refractivity contribution in [2.24, 2.45) is 0 Å². The van der Waals surface area contributed by atoms with E-state index in [-0.39, 0.29) is 22.7 Å². The van der Waals surface area contributed by atoms with Crippen LogP contribution in [-0.4, -0.2) is 35.2 Å². The van der Waals surface area contributed by atoms with Gasteiger partial charge in [0.15, 0.2) is 0 Å². The van der Waals surface area contributed by atoms with Crippen LogP contribution in [0.2, 0.25) is 5.02 Å². The van der Waals surface area contributed by atoms with E-state index >= 15 is 0 Å². The standard InChI is InChI=1S/C24H18Cl2N2O4S/c1-28(23(30)21-20(26)17-4-2-3-5-19(17)33-21)18-12-13(6-11-16(18)24(31)32)22(29)27-15-9-7-14(25)8-10-15/h2-12,20-21H,1H3,(H,27,29)(H,31,32). The van der Waals surface area contributed by atoms with Crippen LogP contribution in [0.5, 0.6) is 0 Å². The van der Waals surface area contributed by atoms with Gasteiger partial charge in [-0.15, -0.1) is 23.4 Å². The highest BCUT2D eigenvalue weighted by Crippen LogP contribution is 2.48. The molecule has 2 atom stereocenters. The summed E-state index contributed by atoms with van der Waals surface area (Å²) in [5.74, 6) is -2.01. The van der Waals surface area contributed by atoms with E-state index in [1.807, 2.05) is 24.3 Å². The van der Waals surface area contributed by atoms with Gasteiger partial charge in [-0.3, -0.25) is 9.59 Å². The van der Waals surface area contributed by atoms with Crippen molar-refractivity contribution in [1.82, 2.24) is 0 Å². The predicted molar refractivity (Wildman–Crippen MR) is 131 cm³/mol. The van der Waals surface area contributed by atoms with E-state index in [0.717, 1.165) is 10.5 Å². The van der Waals surface area contributed by atoms with Crippen molar-refractivity contribution in [3.8, 4) is 0 Å². The van der Waals surface area contributed by atoms with Gasteiger partial charge in [0.2, 0.25) is 5.91 Å². The highest BCUT2D eigenvalue weighted by atomic mass is 35.5. The molecular weight excluding hydrogens is 483 g/mol. The molecule has 33 heavy (non-hydrogen) atoms. The van der Waals surface area contributed by atoms with Gasteiger partial charge >= 0.3 is 5.97 Å². The van der Waals surface area contributed by atoms with E-state index in [0.29, 0.717) is 10.7 Å². The zero-order valence-corrected chi connectivity index (χ0v) is 19.6. The van der Waals surface area contributed by atoms with Gasteiger partial charge in [-0.05, 0) is 54.1 Å². The number of benzene rings is 3. The van der Waals surface area contributed by atoms with Crippen LogP contribution in [-0.2, 0) is 4.79 Å². The van der Waals surface area contributed by atoms with Crippen LogP contribution in [0, 0.1) is 0 Å². The minimum Gasteiger partial charge on any atom is -0.478 e. The van der Waals surface area contributed by atoms with E-state index < -0.39 is 22.5 Å². The van der Waals surface area contributed by atoms with Crippen molar-refractivity contribution in [3.63, 3.8) is 0 Å². The molecule has 0 radical (unpaired) electrons. The van der Waals surface area contributed by atoms with Gasteiger partial charge < -0.3 is 15.3 Å². The fraction of sp³-hybridized carbons (Fsp3) is 0.125. The second kappa shape index (κ2) is 9.47. The number of anilines is 2. The Bertz CT molecular complexity index is 1250. The molecule has 4 rings (SSSR count). The number of nitrogens with zero attached hydrogens (tertiary/aromatic N) is 1. The molecule has 2 N–H and O–H groups in total. The van der Waals surface area contributed by atoms with Crippen LogP contribution in [0.1, 0.15) is 31.7 Å². The largest absolute Gasteiger partial charge is 0.478 e. The van der Waals surface area contributed by atoms with Crippen LogP contribution in [0.4, 0.5) is 11.4 Å². The molecule has 3 aromatic carbocycles. The molecule has 0 saturated carbocycles. The predicted octanol–water partition coefficient (Wildman–Crippen LogP) is 5.71. The zero-order valence-electron chi connectivity index (χ0n) is 17.3. The molecule has 2 unspecified atom stereocenters. The molecule has 0 saturated heterocycles. The van der Waals surface area contributed by atoms with E-state index in [9.17, 15) is 19.5 Å². The van der Waals surface area contributed by atoms with E-state index in [1.54, 1.807) is 24.3 Å². The number of halogens is 2. The Balaban J connectivity index is 1.61. The maximum atomic E-state index is 13.3. The van der Waals surface area contributed by atoms with Gasteiger partial charge in [0, 0.05) is 28.2 Å². The number of alkyl halides is 1. The zero-order chi connectivity index (χ0) is 23.7. The van der Waals surface area contributed by atoms with Gasteiger partial charge in [-0.1, -0.05) is 29.8 Å². The second-order valence-corrected chi connectivity index (χ2v) is 9.46. The normalized spacial score (nSPS) is 16.7. The number of carbonyl (C=O) groups excluding carboxylic acids is 2. The van der Waals surface area contributed by atoms with E-state index in [4.69, 9.17) is 23.2 Å². The molecule has 0 fully saturated rings. The number of carboxylic acid groups (broad SMARTS) is 1. The molecular formula is C24H18Cl2N2O4S. The summed E-state index contributed by atoms with van der Waals surface area (Å²) in [5, 5.41) is 11.8. The molecule has 1 heterocycles. The molecule has 6 nitrogen and oxygen atoms in total. The average Bonchev–Trinajstić information content (AvgIpc) is 3.15. The van der Waals surface area contributed by atoms with Gasteiger partial charge in [-0.25, -0.2) is 4.79 Å². The molecule has 0 aliphatic carbocycles. The Morgan fingerprint density at radius 2 is 1.73 bits per heavy atom. The maximum absolute atomic E-state index is 13.3. The fourth-order valence-electron chi connectivity index (χ4n) is 3.53. The summed E-state index contributed by atoms with van der Waals surface area (Å²) in [7, 11) is 1.48. The lowest BCUT2D eigenvalue weighted by molar-refractivity contribution is -0.117. The van der Waals surface area contributed by atoms with Crippen LogP contribution < -0.4 is 10.2 Å². The Hall–Kier alpha value is -3.00. The molecule has 0 bridgehead atoms. The topological polar surface area (TPSA) is 86.7 Å². The Morgan fingerprint density at radius 1 is 1.03 bits per heavy atom. The van der Waals surface area contributed by atoms with Crippen LogP contribution in [0.25, 0.3) is 0 Å². The number of thioether (sulfide) groups is 1. The van der Waals surface area contributed by atoms with Crippen LogP contribution in [0.15, 0.2) is 71.6 Å². The summed E-state index contributed by atoms with van der Waals surface area (Å²) in [6, 6.07) is 18.2. The molecule has 2 amide bonds. The van der Waals surface area contributed by atoms with Crippen molar-refractivity contribution in [2.75, 3.05) is 17.3 Å². The fourth-order valence-corrected chi connectivity index (χ4v) is 5.46. The van der Waals surface area contributed by atoms with Gasteiger partial charge in [0.25, 0.3) is 5.91 Å². The molecule has 0 aromatic heterocycles. The van der Waals surface area contributed by atoms with Gasteiger partial charge in [0.05, 0.1) is 16.6 Å². The average molecular weight is 501 g/mol. The molecule has 9 heteroatoms. The number of amides is 2. The summed E-state index contributed by atoms with van der Waals surface area (Å²) in [6.07, 6.45) is 0. The van der Waals surface area contributed by atoms with Gasteiger partial charge in [-0.2, -0.15) is 0 Å². The molecule has 1 aliphatic rings. The van der Waals surface area contributed by atoms with Gasteiger partial charge in [0.1, 0.15) is 5.25 Å². The first kappa shape index (κ1) is 23.2. The lowest BCUT2D eigenvalue weighted by atomic mass is 10.1. The quantitative estimate of drug-likeness (QED) is 0.438. The SMILES string of the molecule is CN(C(=O)C1Sc2ccccc2C1Cl)c1cc(C(=O)Nc2ccc(Cl)cc2)ccc1C(=O)O. The molecule has 1 aliphatic heterocycles. The Morgan fingerprint density at radius 3 is 2.39 bits per heavy atom. The Labute approximate surface area is 204 Å². The third-order valence-corrected chi connectivity index (χ3v) is 7.51.